The molecular weight excluding hydrogens is 296 g/mol. The number of nitrogens with two attached hydrogens (primary N) is 1. The Labute approximate surface area is 125 Å². The number of aliphatic hydroxyl groups excluding tert-OH is 1. The molecule has 0 bridgehead atoms. The van der Waals surface area contributed by atoms with Gasteiger partial charge in [-0.3, -0.25) is 0 Å². The van der Waals surface area contributed by atoms with Gasteiger partial charge in [-0.2, -0.15) is 11.8 Å². The zero-order valence-electron chi connectivity index (χ0n) is 11.8. The fraction of sp³-hybridized carbons (Fsp3) is 0.538. The third kappa shape index (κ3) is 4.66. The molecule has 0 aliphatic heterocycles. The van der Waals surface area contributed by atoms with Crippen LogP contribution in [0.15, 0.2) is 17.0 Å². The number of anilines is 1. The summed E-state index contributed by atoms with van der Waals surface area (Å²) in [5.41, 5.74) is 7.65. The highest BCUT2D eigenvalue weighted by molar-refractivity contribution is 7.99. The molecule has 0 unspecified atom stereocenters. The summed E-state index contributed by atoms with van der Waals surface area (Å²) in [5.74, 6) is 1.49. The molecule has 0 spiro atoms. The Morgan fingerprint density at radius 2 is 2.00 bits per heavy atom. The summed E-state index contributed by atoms with van der Waals surface area (Å²) in [4.78, 5) is 0.179. The first-order valence-corrected chi connectivity index (χ1v) is 9.08. The molecule has 0 fully saturated rings. The van der Waals surface area contributed by atoms with Gasteiger partial charge in [0.1, 0.15) is 4.90 Å². The number of nitrogens with one attached hydrogen (secondary N) is 1. The third-order valence-corrected chi connectivity index (χ3v) is 5.69. The quantitative estimate of drug-likeness (QED) is 0.496. The molecule has 0 aliphatic rings. The molecule has 0 amide bonds. The number of hydrogen-bond donors (Lipinski definition) is 3. The Morgan fingerprint density at radius 1 is 1.30 bits per heavy atom. The highest BCUT2D eigenvalue weighted by Gasteiger charge is 2.20. The molecule has 0 saturated carbocycles. The Bertz CT molecular complexity index is 545. The van der Waals surface area contributed by atoms with Crippen molar-refractivity contribution < 1.29 is 13.5 Å². The van der Waals surface area contributed by atoms with Crippen molar-refractivity contribution in [2.75, 3.05) is 30.4 Å². The summed E-state index contributed by atoms with van der Waals surface area (Å²) < 4.78 is 27.1. The molecule has 0 aromatic heterocycles. The first-order chi connectivity index (χ1) is 9.40. The molecule has 1 rings (SSSR count). The minimum absolute atomic E-state index is 0.164. The zero-order valence-corrected chi connectivity index (χ0v) is 13.5. The van der Waals surface area contributed by atoms with Crippen LogP contribution in [0.3, 0.4) is 0 Å². The lowest BCUT2D eigenvalue weighted by atomic mass is 10.1. The molecule has 5 nitrogen and oxygen atoms in total. The molecule has 114 valence electrons. The normalized spacial score (nSPS) is 11.8. The Kier molecular flexibility index (Phi) is 6.81. The summed E-state index contributed by atoms with van der Waals surface area (Å²) in [6.07, 6.45) is 0.724. The third-order valence-electron chi connectivity index (χ3n) is 2.96. The van der Waals surface area contributed by atoms with Crippen LogP contribution in [0.4, 0.5) is 5.69 Å². The molecule has 0 aliphatic carbocycles. The Balaban J connectivity index is 2.68. The van der Waals surface area contributed by atoms with E-state index in [4.69, 9.17) is 10.8 Å². The van der Waals surface area contributed by atoms with Gasteiger partial charge in [-0.15, -0.1) is 0 Å². The van der Waals surface area contributed by atoms with Crippen LogP contribution in [0.5, 0.6) is 0 Å². The number of aryl methyl sites for hydroxylation is 1. The van der Waals surface area contributed by atoms with E-state index in [9.17, 15) is 8.42 Å². The summed E-state index contributed by atoms with van der Waals surface area (Å²) in [6.45, 7) is 4.14. The number of thioether (sulfide) groups is 1. The van der Waals surface area contributed by atoms with E-state index < -0.39 is 10.0 Å². The van der Waals surface area contributed by atoms with Gasteiger partial charge in [0.2, 0.25) is 10.0 Å². The van der Waals surface area contributed by atoms with Gasteiger partial charge in [0.05, 0.1) is 5.69 Å². The van der Waals surface area contributed by atoms with Crippen LogP contribution in [0.25, 0.3) is 0 Å². The number of nitrogen functional groups attached to an aromatic ring is 1. The summed E-state index contributed by atoms with van der Waals surface area (Å²) in [5, 5.41) is 8.65. The van der Waals surface area contributed by atoms with E-state index >= 15 is 0 Å². The van der Waals surface area contributed by atoms with Crippen molar-refractivity contribution in [2.24, 2.45) is 0 Å². The Hall–Kier alpha value is -0.760. The molecule has 1 aromatic rings. The van der Waals surface area contributed by atoms with E-state index in [1.165, 1.54) is 0 Å². The van der Waals surface area contributed by atoms with E-state index in [0.717, 1.165) is 17.7 Å². The van der Waals surface area contributed by atoms with Crippen LogP contribution in [0.1, 0.15) is 17.5 Å². The van der Waals surface area contributed by atoms with Crippen LogP contribution >= 0.6 is 11.8 Å². The maximum absolute atomic E-state index is 12.3. The minimum atomic E-state index is -3.57. The molecule has 7 heteroatoms. The second-order valence-electron chi connectivity index (χ2n) is 4.51. The van der Waals surface area contributed by atoms with E-state index in [1.54, 1.807) is 24.8 Å². The predicted octanol–water partition coefficient (Wildman–Crippen LogP) is 1.28. The second-order valence-corrected chi connectivity index (χ2v) is 7.44. The van der Waals surface area contributed by atoms with Gasteiger partial charge in [0.25, 0.3) is 0 Å². The van der Waals surface area contributed by atoms with Gasteiger partial charge in [-0.25, -0.2) is 13.1 Å². The lowest BCUT2D eigenvalue weighted by molar-refractivity contribution is 0.296. The van der Waals surface area contributed by atoms with Crippen molar-refractivity contribution in [2.45, 2.75) is 25.2 Å². The fourth-order valence-electron chi connectivity index (χ4n) is 1.76. The van der Waals surface area contributed by atoms with E-state index in [-0.39, 0.29) is 17.2 Å². The summed E-state index contributed by atoms with van der Waals surface area (Å²) in [7, 11) is -3.57. The first-order valence-electron chi connectivity index (χ1n) is 6.44. The highest BCUT2D eigenvalue weighted by atomic mass is 32.2. The lowest BCUT2D eigenvalue weighted by Crippen LogP contribution is -2.27. The number of hydrogen-bond acceptors (Lipinski definition) is 5. The fourth-order valence-corrected chi connectivity index (χ4v) is 4.13. The van der Waals surface area contributed by atoms with Gasteiger partial charge in [0, 0.05) is 18.9 Å². The monoisotopic (exact) mass is 318 g/mol. The van der Waals surface area contributed by atoms with Gasteiger partial charge < -0.3 is 10.8 Å². The van der Waals surface area contributed by atoms with Crippen LogP contribution in [-0.4, -0.2) is 38.2 Å². The maximum Gasteiger partial charge on any atom is 0.242 e. The number of rotatable bonds is 8. The maximum atomic E-state index is 12.3. The summed E-state index contributed by atoms with van der Waals surface area (Å²) in [6, 6.07) is 3.43. The van der Waals surface area contributed by atoms with Crippen molar-refractivity contribution in [1.82, 2.24) is 4.72 Å². The van der Waals surface area contributed by atoms with E-state index in [1.807, 2.05) is 13.0 Å². The van der Waals surface area contributed by atoms with Crippen LogP contribution in [-0.2, 0) is 10.0 Å². The molecule has 4 N–H and O–H groups in total. The van der Waals surface area contributed by atoms with Crippen molar-refractivity contribution in [3.63, 3.8) is 0 Å². The van der Waals surface area contributed by atoms with Gasteiger partial charge >= 0.3 is 0 Å². The molecular formula is C13H22N2O3S2. The SMILES string of the molecule is Cc1ccc(N)c(S(=O)(=O)NCCSCCCO)c1C. The zero-order chi connectivity index (χ0) is 15.2. The van der Waals surface area contributed by atoms with Crippen molar-refractivity contribution in [1.29, 1.82) is 0 Å². The van der Waals surface area contributed by atoms with Crippen LogP contribution < -0.4 is 10.5 Å². The van der Waals surface area contributed by atoms with E-state index in [0.29, 0.717) is 17.9 Å². The average molecular weight is 318 g/mol. The smallest absolute Gasteiger partial charge is 0.242 e. The van der Waals surface area contributed by atoms with Gasteiger partial charge in [-0.05, 0) is 43.2 Å². The predicted molar refractivity (Wildman–Crippen MR) is 84.5 cm³/mol. The van der Waals surface area contributed by atoms with Gasteiger partial charge in [0.15, 0.2) is 0 Å². The second kappa shape index (κ2) is 7.87. The van der Waals surface area contributed by atoms with Gasteiger partial charge in [-0.1, -0.05) is 6.07 Å². The molecule has 0 atom stereocenters. The minimum Gasteiger partial charge on any atom is -0.398 e. The number of sulfonamides is 1. The molecule has 0 heterocycles. The summed E-state index contributed by atoms with van der Waals surface area (Å²) >= 11 is 1.61. The average Bonchev–Trinajstić information content (AvgIpc) is 2.38. The topological polar surface area (TPSA) is 92.4 Å². The molecule has 1 aromatic carbocycles. The van der Waals surface area contributed by atoms with Crippen molar-refractivity contribution in [3.8, 4) is 0 Å². The molecule has 0 saturated heterocycles. The van der Waals surface area contributed by atoms with E-state index in [2.05, 4.69) is 4.72 Å². The molecule has 20 heavy (non-hydrogen) atoms. The standard InChI is InChI=1S/C13H22N2O3S2/c1-10-4-5-12(14)13(11(10)2)20(17,18)15-6-9-19-8-3-7-16/h4-5,15-16H,3,6-9,14H2,1-2H3. The number of benzene rings is 1. The largest absolute Gasteiger partial charge is 0.398 e. The van der Waals surface area contributed by atoms with Crippen LogP contribution in [0.2, 0.25) is 0 Å². The van der Waals surface area contributed by atoms with Crippen molar-refractivity contribution in [3.05, 3.63) is 23.3 Å². The van der Waals surface area contributed by atoms with Crippen LogP contribution in [0, 0.1) is 13.8 Å². The molecule has 0 radical (unpaired) electrons. The van der Waals surface area contributed by atoms with Crippen molar-refractivity contribution >= 4 is 27.5 Å². The number of aliphatic hydroxyl groups is 1. The lowest BCUT2D eigenvalue weighted by Gasteiger charge is -2.13. The first kappa shape index (κ1) is 17.3. The highest BCUT2D eigenvalue weighted by Crippen LogP contribution is 2.24. The Morgan fingerprint density at radius 3 is 2.65 bits per heavy atom.